The molecule has 1 amide bonds. The smallest absolute Gasteiger partial charge is 0.226 e. The fraction of sp³-hybridized carbons (Fsp3) is 0.350. The lowest BCUT2D eigenvalue weighted by Gasteiger charge is -2.19. The van der Waals surface area contributed by atoms with Gasteiger partial charge in [-0.3, -0.25) is 4.79 Å². The van der Waals surface area contributed by atoms with Gasteiger partial charge in [0.2, 0.25) is 5.91 Å². The van der Waals surface area contributed by atoms with Crippen molar-refractivity contribution in [2.24, 2.45) is 0 Å². The first-order valence-corrected chi connectivity index (χ1v) is 8.17. The summed E-state index contributed by atoms with van der Waals surface area (Å²) < 4.78 is 5.23. The van der Waals surface area contributed by atoms with Gasteiger partial charge < -0.3 is 15.4 Å². The molecule has 0 bridgehead atoms. The summed E-state index contributed by atoms with van der Waals surface area (Å²) in [7, 11) is 1.59. The number of hydrogen-bond donors (Lipinski definition) is 2. The van der Waals surface area contributed by atoms with Gasteiger partial charge in [0, 0.05) is 18.7 Å². The van der Waals surface area contributed by atoms with Gasteiger partial charge in [-0.25, -0.2) is 0 Å². The fourth-order valence-electron chi connectivity index (χ4n) is 2.37. The second-order valence-corrected chi connectivity index (χ2v) is 6.75. The Kier molecular flexibility index (Phi) is 5.85. The molecule has 128 valence electrons. The number of amides is 1. The molecule has 0 aliphatic carbocycles. The molecule has 2 N–H and O–H groups in total. The van der Waals surface area contributed by atoms with E-state index in [-0.39, 0.29) is 11.3 Å². The zero-order chi connectivity index (χ0) is 17.6. The summed E-state index contributed by atoms with van der Waals surface area (Å²) in [4.78, 5) is 12.0. The van der Waals surface area contributed by atoms with Crippen molar-refractivity contribution in [1.29, 1.82) is 0 Å². The Hall–Kier alpha value is -2.49. The van der Waals surface area contributed by atoms with E-state index >= 15 is 0 Å². The molecule has 0 aromatic heterocycles. The van der Waals surface area contributed by atoms with Gasteiger partial charge >= 0.3 is 0 Å². The summed E-state index contributed by atoms with van der Waals surface area (Å²) in [5.74, 6) is 0.620. The maximum absolute atomic E-state index is 12.0. The molecule has 2 aromatic rings. The van der Waals surface area contributed by atoms with Gasteiger partial charge in [0.1, 0.15) is 5.75 Å². The quantitative estimate of drug-likeness (QED) is 0.825. The minimum absolute atomic E-state index is 0.0432. The topological polar surface area (TPSA) is 50.4 Å². The van der Waals surface area contributed by atoms with Crippen LogP contribution in [0.4, 0.5) is 11.4 Å². The van der Waals surface area contributed by atoms with Gasteiger partial charge in [0.05, 0.1) is 12.8 Å². The molecule has 0 heterocycles. The summed E-state index contributed by atoms with van der Waals surface area (Å²) >= 11 is 0. The molecule has 0 aliphatic rings. The first kappa shape index (κ1) is 17.9. The molecule has 4 nitrogen and oxygen atoms in total. The highest BCUT2D eigenvalue weighted by atomic mass is 16.5. The van der Waals surface area contributed by atoms with E-state index in [4.69, 9.17) is 4.74 Å². The largest absolute Gasteiger partial charge is 0.495 e. The van der Waals surface area contributed by atoms with Crippen LogP contribution < -0.4 is 15.4 Å². The van der Waals surface area contributed by atoms with Crippen LogP contribution in [0.2, 0.25) is 0 Å². The molecule has 0 saturated heterocycles. The van der Waals surface area contributed by atoms with Crippen LogP contribution >= 0.6 is 0 Å². The number of hydrogen-bond acceptors (Lipinski definition) is 3. The monoisotopic (exact) mass is 326 g/mol. The second-order valence-electron chi connectivity index (χ2n) is 6.75. The van der Waals surface area contributed by atoms with E-state index in [1.54, 1.807) is 7.11 Å². The average Bonchev–Trinajstić information content (AvgIpc) is 2.55. The van der Waals surface area contributed by atoms with Gasteiger partial charge in [-0.15, -0.1) is 0 Å². The third-order valence-electron chi connectivity index (χ3n) is 3.81. The minimum atomic E-state index is -0.0432. The van der Waals surface area contributed by atoms with Crippen LogP contribution in [0.3, 0.4) is 0 Å². The van der Waals surface area contributed by atoms with E-state index < -0.39 is 0 Å². The van der Waals surface area contributed by atoms with Crippen LogP contribution in [-0.2, 0) is 10.2 Å². The van der Waals surface area contributed by atoms with Crippen LogP contribution in [0, 0.1) is 0 Å². The van der Waals surface area contributed by atoms with Crippen LogP contribution in [0.5, 0.6) is 5.75 Å². The Morgan fingerprint density at radius 1 is 1.04 bits per heavy atom. The maximum Gasteiger partial charge on any atom is 0.226 e. The number of rotatable bonds is 6. The van der Waals surface area contributed by atoms with Crippen LogP contribution in [0.15, 0.2) is 48.5 Å². The average molecular weight is 326 g/mol. The van der Waals surface area contributed by atoms with Crippen molar-refractivity contribution in [3.05, 3.63) is 54.1 Å². The predicted octanol–water partition coefficient (Wildman–Crippen LogP) is 4.43. The van der Waals surface area contributed by atoms with Gasteiger partial charge in [0.25, 0.3) is 0 Å². The van der Waals surface area contributed by atoms with Crippen molar-refractivity contribution in [2.75, 3.05) is 24.3 Å². The molecular formula is C20H26N2O2. The molecule has 0 saturated carbocycles. The Bertz CT molecular complexity index is 673. The maximum atomic E-state index is 12.0. The van der Waals surface area contributed by atoms with Gasteiger partial charge in [-0.1, -0.05) is 45.0 Å². The first-order chi connectivity index (χ1) is 11.4. The Morgan fingerprint density at radius 2 is 1.71 bits per heavy atom. The third-order valence-corrected chi connectivity index (χ3v) is 3.81. The molecule has 0 fully saturated rings. The number of carbonyl (C=O) groups is 1. The second kappa shape index (κ2) is 7.86. The molecule has 2 aromatic carbocycles. The highest BCUT2D eigenvalue weighted by molar-refractivity contribution is 5.92. The summed E-state index contributed by atoms with van der Waals surface area (Å²) in [6.07, 6.45) is 0.388. The number of methoxy groups -OCH3 is 1. The normalized spacial score (nSPS) is 11.0. The first-order valence-electron chi connectivity index (χ1n) is 8.17. The third kappa shape index (κ3) is 5.01. The molecule has 0 radical (unpaired) electrons. The van der Waals surface area contributed by atoms with Crippen molar-refractivity contribution in [1.82, 2.24) is 0 Å². The standard InChI is InChI=1S/C20H26N2O2/c1-20(2,3)15-9-11-16(12-10-15)21-14-13-19(23)22-17-7-5-6-8-18(17)24-4/h5-12,21H,13-14H2,1-4H3,(H,22,23). The lowest BCUT2D eigenvalue weighted by molar-refractivity contribution is -0.116. The lowest BCUT2D eigenvalue weighted by atomic mass is 9.87. The van der Waals surface area contributed by atoms with Crippen molar-refractivity contribution in [2.45, 2.75) is 32.6 Å². The SMILES string of the molecule is COc1ccccc1NC(=O)CCNc1ccc(C(C)(C)C)cc1. The molecule has 24 heavy (non-hydrogen) atoms. The molecule has 0 atom stereocenters. The van der Waals surface area contributed by atoms with Crippen LogP contribution in [0.25, 0.3) is 0 Å². The number of para-hydroxylation sites is 2. The minimum Gasteiger partial charge on any atom is -0.495 e. The molecule has 4 heteroatoms. The number of ether oxygens (including phenoxy) is 1. The predicted molar refractivity (Wildman–Crippen MR) is 99.9 cm³/mol. The molecule has 0 unspecified atom stereocenters. The molecular weight excluding hydrogens is 300 g/mol. The van der Waals surface area contributed by atoms with E-state index in [2.05, 4.69) is 55.7 Å². The Labute approximate surface area is 144 Å². The summed E-state index contributed by atoms with van der Waals surface area (Å²) in [5, 5.41) is 6.15. The molecule has 0 spiro atoms. The summed E-state index contributed by atoms with van der Waals surface area (Å²) in [6.45, 7) is 7.16. The van der Waals surface area contributed by atoms with Gasteiger partial charge in [-0.05, 0) is 35.2 Å². The molecule has 2 rings (SSSR count). The van der Waals surface area contributed by atoms with Crippen LogP contribution in [-0.4, -0.2) is 19.6 Å². The van der Waals surface area contributed by atoms with E-state index in [9.17, 15) is 4.79 Å². The van der Waals surface area contributed by atoms with Gasteiger partial charge in [-0.2, -0.15) is 0 Å². The lowest BCUT2D eigenvalue weighted by Crippen LogP contribution is -2.16. The summed E-state index contributed by atoms with van der Waals surface area (Å²) in [5.41, 5.74) is 3.15. The zero-order valence-electron chi connectivity index (χ0n) is 14.8. The molecule has 0 aliphatic heterocycles. The zero-order valence-corrected chi connectivity index (χ0v) is 14.8. The van der Waals surface area contributed by atoms with E-state index in [1.807, 2.05) is 24.3 Å². The van der Waals surface area contributed by atoms with Crippen molar-refractivity contribution < 1.29 is 9.53 Å². The summed E-state index contributed by atoms with van der Waals surface area (Å²) in [6, 6.07) is 15.7. The van der Waals surface area contributed by atoms with Crippen LogP contribution in [0.1, 0.15) is 32.8 Å². The Morgan fingerprint density at radius 3 is 2.33 bits per heavy atom. The Balaban J connectivity index is 1.82. The number of anilines is 2. The number of nitrogens with one attached hydrogen (secondary N) is 2. The number of benzene rings is 2. The highest BCUT2D eigenvalue weighted by Gasteiger charge is 2.12. The van der Waals surface area contributed by atoms with Gasteiger partial charge in [0.15, 0.2) is 0 Å². The van der Waals surface area contributed by atoms with E-state index in [0.717, 1.165) is 5.69 Å². The van der Waals surface area contributed by atoms with Crippen molar-refractivity contribution in [3.8, 4) is 5.75 Å². The van der Waals surface area contributed by atoms with E-state index in [0.29, 0.717) is 24.4 Å². The highest BCUT2D eigenvalue weighted by Crippen LogP contribution is 2.24. The fourth-order valence-corrected chi connectivity index (χ4v) is 2.37. The van der Waals surface area contributed by atoms with Crippen molar-refractivity contribution in [3.63, 3.8) is 0 Å². The number of carbonyl (C=O) groups excluding carboxylic acids is 1. The van der Waals surface area contributed by atoms with Crippen molar-refractivity contribution >= 4 is 17.3 Å². The van der Waals surface area contributed by atoms with E-state index in [1.165, 1.54) is 5.56 Å².